The molecule has 1 aromatic rings. The zero-order valence-corrected chi connectivity index (χ0v) is 10.4. The van der Waals surface area contributed by atoms with E-state index in [2.05, 4.69) is 17.5 Å². The molecule has 2 rings (SSSR count). The molecule has 1 aliphatic carbocycles. The standard InChI is InChI=1S/C14H19NO2/c1-16-13-8-5-11(10-14(13)17-2)4-3-9-15-12-6-7-12/h3-5,8,10,12,15H,6-7,9H2,1-2H3. The van der Waals surface area contributed by atoms with Crippen molar-refractivity contribution < 1.29 is 9.47 Å². The van der Waals surface area contributed by atoms with Crippen LogP contribution in [0.4, 0.5) is 0 Å². The van der Waals surface area contributed by atoms with Gasteiger partial charge < -0.3 is 14.8 Å². The molecule has 1 aromatic carbocycles. The number of ether oxygens (including phenoxy) is 2. The molecule has 0 spiro atoms. The fraction of sp³-hybridized carbons (Fsp3) is 0.429. The highest BCUT2D eigenvalue weighted by Gasteiger charge is 2.18. The van der Waals surface area contributed by atoms with Crippen LogP contribution in [0.1, 0.15) is 18.4 Å². The molecule has 92 valence electrons. The smallest absolute Gasteiger partial charge is 0.161 e. The lowest BCUT2D eigenvalue weighted by Crippen LogP contribution is -2.15. The Labute approximate surface area is 102 Å². The molecule has 1 N–H and O–H groups in total. The molecule has 0 saturated heterocycles. The first-order valence-electron chi connectivity index (χ1n) is 5.95. The van der Waals surface area contributed by atoms with Gasteiger partial charge in [-0.1, -0.05) is 18.2 Å². The molecule has 0 unspecified atom stereocenters. The molecule has 3 nitrogen and oxygen atoms in total. The van der Waals surface area contributed by atoms with Gasteiger partial charge in [0, 0.05) is 12.6 Å². The monoisotopic (exact) mass is 233 g/mol. The van der Waals surface area contributed by atoms with Crippen molar-refractivity contribution in [1.29, 1.82) is 0 Å². The van der Waals surface area contributed by atoms with Gasteiger partial charge in [-0.15, -0.1) is 0 Å². The second-order valence-electron chi connectivity index (χ2n) is 4.20. The quantitative estimate of drug-likeness (QED) is 0.818. The van der Waals surface area contributed by atoms with Crippen LogP contribution in [0.5, 0.6) is 11.5 Å². The summed E-state index contributed by atoms with van der Waals surface area (Å²) < 4.78 is 10.5. The summed E-state index contributed by atoms with van der Waals surface area (Å²) >= 11 is 0. The predicted octanol–water partition coefficient (Wildman–Crippen LogP) is 2.47. The Morgan fingerprint density at radius 1 is 1.24 bits per heavy atom. The third-order valence-electron chi connectivity index (χ3n) is 2.82. The minimum atomic E-state index is 0.755. The number of methoxy groups -OCH3 is 2. The van der Waals surface area contributed by atoms with E-state index in [0.29, 0.717) is 0 Å². The van der Waals surface area contributed by atoms with Crippen LogP contribution >= 0.6 is 0 Å². The number of rotatable bonds is 6. The van der Waals surface area contributed by atoms with Crippen LogP contribution in [-0.4, -0.2) is 26.8 Å². The molecule has 1 fully saturated rings. The van der Waals surface area contributed by atoms with Gasteiger partial charge in [-0.05, 0) is 30.5 Å². The average molecular weight is 233 g/mol. The lowest BCUT2D eigenvalue weighted by molar-refractivity contribution is 0.355. The summed E-state index contributed by atoms with van der Waals surface area (Å²) in [4.78, 5) is 0. The van der Waals surface area contributed by atoms with Gasteiger partial charge in [0.15, 0.2) is 11.5 Å². The topological polar surface area (TPSA) is 30.5 Å². The molecule has 0 radical (unpaired) electrons. The highest BCUT2D eigenvalue weighted by molar-refractivity contribution is 5.55. The van der Waals surface area contributed by atoms with E-state index in [-0.39, 0.29) is 0 Å². The number of nitrogens with one attached hydrogen (secondary N) is 1. The molecule has 0 atom stereocenters. The molecule has 0 bridgehead atoms. The first-order valence-corrected chi connectivity index (χ1v) is 5.95. The van der Waals surface area contributed by atoms with Gasteiger partial charge in [0.05, 0.1) is 14.2 Å². The van der Waals surface area contributed by atoms with E-state index in [1.165, 1.54) is 12.8 Å². The van der Waals surface area contributed by atoms with Gasteiger partial charge in [-0.2, -0.15) is 0 Å². The molecule has 1 saturated carbocycles. The third kappa shape index (κ3) is 3.49. The second kappa shape index (κ2) is 5.73. The molecular formula is C14H19NO2. The summed E-state index contributed by atoms with van der Waals surface area (Å²) in [5, 5.41) is 3.44. The number of hydrogen-bond acceptors (Lipinski definition) is 3. The van der Waals surface area contributed by atoms with Crippen molar-refractivity contribution in [2.45, 2.75) is 18.9 Å². The summed E-state index contributed by atoms with van der Waals surface area (Å²) in [5.74, 6) is 1.53. The van der Waals surface area contributed by atoms with Crippen LogP contribution < -0.4 is 14.8 Å². The maximum atomic E-state index is 5.26. The van der Waals surface area contributed by atoms with Crippen molar-refractivity contribution >= 4 is 6.08 Å². The van der Waals surface area contributed by atoms with Crippen LogP contribution in [0.15, 0.2) is 24.3 Å². The molecular weight excluding hydrogens is 214 g/mol. The summed E-state index contributed by atoms with van der Waals surface area (Å²) in [7, 11) is 3.30. The Morgan fingerprint density at radius 3 is 2.65 bits per heavy atom. The van der Waals surface area contributed by atoms with Gasteiger partial charge in [0.2, 0.25) is 0 Å². The Morgan fingerprint density at radius 2 is 2.00 bits per heavy atom. The van der Waals surface area contributed by atoms with E-state index in [4.69, 9.17) is 9.47 Å². The van der Waals surface area contributed by atoms with Crippen LogP contribution in [0.25, 0.3) is 6.08 Å². The molecule has 3 heteroatoms. The minimum Gasteiger partial charge on any atom is -0.493 e. The normalized spacial score (nSPS) is 15.2. The zero-order valence-electron chi connectivity index (χ0n) is 10.4. The first-order chi connectivity index (χ1) is 8.33. The van der Waals surface area contributed by atoms with Crippen molar-refractivity contribution in [2.75, 3.05) is 20.8 Å². The van der Waals surface area contributed by atoms with Crippen LogP contribution in [0.2, 0.25) is 0 Å². The molecule has 0 aromatic heterocycles. The second-order valence-corrected chi connectivity index (χ2v) is 4.20. The van der Waals surface area contributed by atoms with E-state index < -0.39 is 0 Å². The van der Waals surface area contributed by atoms with Crippen LogP contribution in [0.3, 0.4) is 0 Å². The highest BCUT2D eigenvalue weighted by atomic mass is 16.5. The van der Waals surface area contributed by atoms with Crippen molar-refractivity contribution in [3.05, 3.63) is 29.8 Å². The fourth-order valence-electron chi connectivity index (χ4n) is 1.67. The maximum Gasteiger partial charge on any atom is 0.161 e. The van der Waals surface area contributed by atoms with Crippen molar-refractivity contribution in [3.8, 4) is 11.5 Å². The molecule has 0 amide bonds. The van der Waals surface area contributed by atoms with Crippen molar-refractivity contribution in [1.82, 2.24) is 5.32 Å². The van der Waals surface area contributed by atoms with Gasteiger partial charge in [0.1, 0.15) is 0 Å². The zero-order chi connectivity index (χ0) is 12.1. The Bertz CT molecular complexity index is 397. The van der Waals surface area contributed by atoms with Gasteiger partial charge >= 0.3 is 0 Å². The first kappa shape index (κ1) is 12.0. The molecule has 1 aliphatic rings. The van der Waals surface area contributed by atoms with Crippen LogP contribution in [0, 0.1) is 0 Å². The van der Waals surface area contributed by atoms with Gasteiger partial charge in [0.25, 0.3) is 0 Å². The Kier molecular flexibility index (Phi) is 4.04. The van der Waals surface area contributed by atoms with Crippen molar-refractivity contribution in [2.24, 2.45) is 0 Å². The highest BCUT2D eigenvalue weighted by Crippen LogP contribution is 2.27. The largest absolute Gasteiger partial charge is 0.493 e. The summed E-state index contributed by atoms with van der Waals surface area (Å²) in [6, 6.07) is 6.68. The summed E-state index contributed by atoms with van der Waals surface area (Å²) in [6.45, 7) is 0.930. The number of benzene rings is 1. The number of hydrogen-bond donors (Lipinski definition) is 1. The van der Waals surface area contributed by atoms with E-state index in [0.717, 1.165) is 29.6 Å². The minimum absolute atomic E-state index is 0.755. The fourth-order valence-corrected chi connectivity index (χ4v) is 1.67. The lowest BCUT2D eigenvalue weighted by Gasteiger charge is -2.07. The lowest BCUT2D eigenvalue weighted by atomic mass is 10.2. The third-order valence-corrected chi connectivity index (χ3v) is 2.82. The average Bonchev–Trinajstić information content (AvgIpc) is 3.18. The summed E-state index contributed by atoms with van der Waals surface area (Å²) in [5.41, 5.74) is 1.13. The molecule has 0 heterocycles. The van der Waals surface area contributed by atoms with E-state index in [9.17, 15) is 0 Å². The van der Waals surface area contributed by atoms with E-state index >= 15 is 0 Å². The van der Waals surface area contributed by atoms with Crippen molar-refractivity contribution in [3.63, 3.8) is 0 Å². The molecule has 0 aliphatic heterocycles. The Hall–Kier alpha value is -1.48. The van der Waals surface area contributed by atoms with Gasteiger partial charge in [-0.3, -0.25) is 0 Å². The maximum absolute atomic E-state index is 5.26. The van der Waals surface area contributed by atoms with Crippen LogP contribution in [-0.2, 0) is 0 Å². The summed E-state index contributed by atoms with van der Waals surface area (Å²) in [6.07, 6.45) is 6.88. The SMILES string of the molecule is COc1ccc(C=CCNC2CC2)cc1OC. The predicted molar refractivity (Wildman–Crippen MR) is 69.6 cm³/mol. The molecule has 17 heavy (non-hydrogen) atoms. The van der Waals surface area contributed by atoms with Gasteiger partial charge in [-0.25, -0.2) is 0 Å². The van der Waals surface area contributed by atoms with E-state index in [1.807, 2.05) is 18.2 Å². The Balaban J connectivity index is 1.94. The van der Waals surface area contributed by atoms with E-state index in [1.54, 1.807) is 14.2 Å².